The summed E-state index contributed by atoms with van der Waals surface area (Å²) in [5, 5.41) is 11.3. The molecular weight excluding hydrogens is 360 g/mol. The Labute approximate surface area is 162 Å². The highest BCUT2D eigenvalue weighted by Crippen LogP contribution is 2.35. The van der Waals surface area contributed by atoms with E-state index in [4.69, 9.17) is 14.2 Å². The van der Waals surface area contributed by atoms with Crippen molar-refractivity contribution in [3.8, 4) is 17.2 Å². The Kier molecular flexibility index (Phi) is 5.09. The van der Waals surface area contributed by atoms with Crippen LogP contribution in [0.15, 0.2) is 60.9 Å². The molecule has 2 unspecified atom stereocenters. The number of rotatable bonds is 7. The lowest BCUT2D eigenvalue weighted by atomic mass is 10.1. The molecule has 0 fully saturated rings. The number of hydrogen-bond donors (Lipinski definition) is 1. The summed E-state index contributed by atoms with van der Waals surface area (Å²) < 4.78 is 16.4. The molecule has 28 heavy (non-hydrogen) atoms. The lowest BCUT2D eigenvalue weighted by Gasteiger charge is -2.22. The smallest absolute Gasteiger partial charge is 0.261 e. The fraction of sp³-hybridized carbons (Fsp3) is 0.250. The molecule has 3 aromatic rings. The Bertz CT molecular complexity index is 931. The first kappa shape index (κ1) is 17.8. The topological polar surface area (TPSA) is 87.5 Å². The summed E-state index contributed by atoms with van der Waals surface area (Å²) in [6, 6.07) is 14.6. The molecule has 2 atom stereocenters. The summed E-state index contributed by atoms with van der Waals surface area (Å²) in [5.74, 6) is 1.58. The van der Waals surface area contributed by atoms with Crippen LogP contribution in [0.1, 0.15) is 18.5 Å². The van der Waals surface area contributed by atoms with Crippen LogP contribution in [-0.4, -0.2) is 33.8 Å². The molecule has 0 saturated carbocycles. The Morgan fingerprint density at radius 2 is 1.89 bits per heavy atom. The van der Waals surface area contributed by atoms with E-state index < -0.39 is 6.10 Å². The largest absolute Gasteiger partial charge is 0.481 e. The minimum Gasteiger partial charge on any atom is -0.481 e. The predicted octanol–water partition coefficient (Wildman–Crippen LogP) is 2.33. The van der Waals surface area contributed by atoms with E-state index in [1.807, 2.05) is 30.3 Å². The van der Waals surface area contributed by atoms with Gasteiger partial charge < -0.3 is 19.5 Å². The van der Waals surface area contributed by atoms with Gasteiger partial charge in [-0.25, -0.2) is 0 Å². The number of carbonyl (C=O) groups is 1. The third-order valence-corrected chi connectivity index (χ3v) is 4.36. The molecule has 144 valence electrons. The van der Waals surface area contributed by atoms with Crippen molar-refractivity contribution in [1.29, 1.82) is 0 Å². The summed E-state index contributed by atoms with van der Waals surface area (Å²) in [5.41, 5.74) is 0.962. The molecule has 2 heterocycles. The Balaban J connectivity index is 1.44. The molecular formula is C20H20N4O4. The molecule has 1 aliphatic rings. The van der Waals surface area contributed by atoms with Crippen molar-refractivity contribution in [2.45, 2.75) is 25.6 Å². The maximum atomic E-state index is 12.8. The fourth-order valence-electron chi connectivity index (χ4n) is 2.92. The monoisotopic (exact) mass is 380 g/mol. The van der Waals surface area contributed by atoms with Gasteiger partial charge in [0.05, 0.1) is 25.0 Å². The molecule has 8 nitrogen and oxygen atoms in total. The second kappa shape index (κ2) is 7.99. The predicted molar refractivity (Wildman–Crippen MR) is 100 cm³/mol. The average Bonchev–Trinajstić information content (AvgIpc) is 3.39. The van der Waals surface area contributed by atoms with Crippen LogP contribution in [0.25, 0.3) is 0 Å². The third kappa shape index (κ3) is 4.06. The number of carbonyl (C=O) groups excluding carboxylic acids is 1. The molecule has 1 aliphatic heterocycles. The van der Waals surface area contributed by atoms with Crippen molar-refractivity contribution >= 4 is 5.91 Å². The van der Waals surface area contributed by atoms with Crippen molar-refractivity contribution in [2.75, 3.05) is 6.79 Å². The molecule has 0 bridgehead atoms. The first-order chi connectivity index (χ1) is 13.7. The van der Waals surface area contributed by atoms with E-state index in [2.05, 4.69) is 15.5 Å². The van der Waals surface area contributed by atoms with Gasteiger partial charge in [-0.3, -0.25) is 4.79 Å². The zero-order valence-corrected chi connectivity index (χ0v) is 15.3. The summed E-state index contributed by atoms with van der Waals surface area (Å²) in [4.78, 5) is 14.3. The molecule has 1 aromatic heterocycles. The van der Waals surface area contributed by atoms with Crippen LogP contribution in [-0.2, 0) is 11.3 Å². The number of ether oxygens (including phenoxy) is 3. The van der Waals surface area contributed by atoms with Crippen LogP contribution in [0, 0.1) is 0 Å². The van der Waals surface area contributed by atoms with E-state index in [9.17, 15) is 4.79 Å². The fourth-order valence-corrected chi connectivity index (χ4v) is 2.92. The van der Waals surface area contributed by atoms with Crippen LogP contribution in [0.2, 0.25) is 0 Å². The van der Waals surface area contributed by atoms with Crippen molar-refractivity contribution in [3.05, 3.63) is 66.5 Å². The number of nitrogens with one attached hydrogen (secondary N) is 1. The van der Waals surface area contributed by atoms with Gasteiger partial charge in [0, 0.05) is 6.07 Å². The van der Waals surface area contributed by atoms with Crippen molar-refractivity contribution in [3.63, 3.8) is 0 Å². The molecule has 0 aliphatic carbocycles. The van der Waals surface area contributed by atoms with E-state index in [1.54, 1.807) is 42.3 Å². The molecule has 1 amide bonds. The van der Waals surface area contributed by atoms with E-state index in [-0.39, 0.29) is 18.7 Å². The van der Waals surface area contributed by atoms with E-state index in [1.165, 1.54) is 0 Å². The lowest BCUT2D eigenvalue weighted by Crippen LogP contribution is -2.40. The Hall–Kier alpha value is -3.55. The molecule has 0 spiro atoms. The van der Waals surface area contributed by atoms with E-state index in [0.29, 0.717) is 23.8 Å². The van der Waals surface area contributed by atoms with Gasteiger partial charge in [-0.05, 0) is 24.6 Å². The van der Waals surface area contributed by atoms with Gasteiger partial charge >= 0.3 is 0 Å². The minimum absolute atomic E-state index is 0.190. The molecule has 0 radical (unpaired) electrons. The number of benzene rings is 2. The quantitative estimate of drug-likeness (QED) is 0.677. The highest BCUT2D eigenvalue weighted by molar-refractivity contribution is 5.81. The zero-order valence-electron chi connectivity index (χ0n) is 15.3. The summed E-state index contributed by atoms with van der Waals surface area (Å²) in [7, 11) is 0. The average molecular weight is 380 g/mol. The summed E-state index contributed by atoms with van der Waals surface area (Å²) in [6.45, 7) is 2.31. The summed E-state index contributed by atoms with van der Waals surface area (Å²) >= 11 is 0. The maximum absolute atomic E-state index is 12.8. The zero-order chi connectivity index (χ0) is 19.3. The number of amides is 1. The lowest BCUT2D eigenvalue weighted by molar-refractivity contribution is -0.128. The number of hydrogen-bond acceptors (Lipinski definition) is 6. The van der Waals surface area contributed by atoms with Gasteiger partial charge in [0.1, 0.15) is 5.75 Å². The first-order valence-corrected chi connectivity index (χ1v) is 8.95. The van der Waals surface area contributed by atoms with Gasteiger partial charge in [-0.1, -0.05) is 30.3 Å². The normalized spacial score (nSPS) is 14.3. The second-order valence-electron chi connectivity index (χ2n) is 6.33. The second-order valence-corrected chi connectivity index (χ2v) is 6.33. The highest BCUT2D eigenvalue weighted by Gasteiger charge is 2.22. The van der Waals surface area contributed by atoms with E-state index >= 15 is 0 Å². The number of fused-ring (bicyclic) bond motifs is 1. The van der Waals surface area contributed by atoms with Crippen LogP contribution in [0.4, 0.5) is 0 Å². The Morgan fingerprint density at radius 1 is 1.14 bits per heavy atom. The first-order valence-electron chi connectivity index (χ1n) is 8.95. The molecule has 1 N–H and O–H groups in total. The van der Waals surface area contributed by atoms with Crippen molar-refractivity contribution < 1.29 is 19.0 Å². The van der Waals surface area contributed by atoms with E-state index in [0.717, 1.165) is 5.56 Å². The highest BCUT2D eigenvalue weighted by atomic mass is 16.7. The van der Waals surface area contributed by atoms with Gasteiger partial charge in [0.25, 0.3) is 5.91 Å². The van der Waals surface area contributed by atoms with Gasteiger partial charge in [0.2, 0.25) is 6.79 Å². The van der Waals surface area contributed by atoms with Crippen LogP contribution < -0.4 is 19.5 Å². The molecule has 4 rings (SSSR count). The summed E-state index contributed by atoms with van der Waals surface area (Å²) in [6.07, 6.45) is 2.52. The minimum atomic E-state index is -0.697. The molecule has 0 saturated heterocycles. The van der Waals surface area contributed by atoms with Crippen LogP contribution in [0.3, 0.4) is 0 Å². The van der Waals surface area contributed by atoms with Crippen molar-refractivity contribution in [1.82, 2.24) is 20.3 Å². The standard InChI is InChI=1S/C20H20N4O4/c1-14(28-16-7-8-18-19(11-16)27-13-26-18)20(25)23-17(12-24-21-9-10-22-24)15-5-3-2-4-6-15/h2-11,14,17H,12-13H2,1H3,(H,23,25). The molecule has 2 aromatic carbocycles. The third-order valence-electron chi connectivity index (χ3n) is 4.36. The van der Waals surface area contributed by atoms with Crippen molar-refractivity contribution in [2.24, 2.45) is 0 Å². The van der Waals surface area contributed by atoms with Gasteiger partial charge in [-0.15, -0.1) is 0 Å². The number of aromatic nitrogens is 3. The van der Waals surface area contributed by atoms with Crippen LogP contribution in [0.5, 0.6) is 17.2 Å². The maximum Gasteiger partial charge on any atom is 0.261 e. The van der Waals surface area contributed by atoms with Crippen LogP contribution >= 0.6 is 0 Å². The molecule has 8 heteroatoms. The Morgan fingerprint density at radius 3 is 2.68 bits per heavy atom. The van der Waals surface area contributed by atoms with Gasteiger partial charge in [-0.2, -0.15) is 15.0 Å². The SMILES string of the molecule is CC(Oc1ccc2c(c1)OCO2)C(=O)NC(Cn1nccn1)c1ccccc1. The van der Waals surface area contributed by atoms with Gasteiger partial charge in [0.15, 0.2) is 17.6 Å². The number of nitrogens with zero attached hydrogens (tertiary/aromatic N) is 3.